The molecule has 6 nitrogen and oxygen atoms in total. The molecule has 0 bridgehead atoms. The van der Waals surface area contributed by atoms with Crippen molar-refractivity contribution in [2.45, 2.75) is 44.9 Å². The lowest BCUT2D eigenvalue weighted by molar-refractivity contribution is -0.142. The molecular weight excluding hydrogens is 212 g/mol. The zero-order chi connectivity index (χ0) is 12.5. The van der Waals surface area contributed by atoms with Crippen LogP contribution in [0.15, 0.2) is 0 Å². The fourth-order valence-corrected chi connectivity index (χ4v) is 1.66. The number of carbonyl (C=O) groups excluding carboxylic acids is 1. The first kappa shape index (κ1) is 12.8. The summed E-state index contributed by atoms with van der Waals surface area (Å²) in [6.07, 6.45) is -0.135. The van der Waals surface area contributed by atoms with Crippen LogP contribution >= 0.6 is 0 Å². The van der Waals surface area contributed by atoms with E-state index in [1.807, 2.05) is 0 Å². The van der Waals surface area contributed by atoms with Gasteiger partial charge in [-0.3, -0.25) is 4.90 Å². The molecule has 1 amide bonds. The Bertz CT molecular complexity index is 298. The van der Waals surface area contributed by atoms with Crippen LogP contribution in [0.3, 0.4) is 0 Å². The Kier molecular flexibility index (Phi) is 3.42. The number of carbonyl (C=O) groups is 2. The first-order chi connectivity index (χ1) is 7.22. The number of aliphatic carboxylic acids is 1. The van der Waals surface area contributed by atoms with Gasteiger partial charge in [0.25, 0.3) is 0 Å². The van der Waals surface area contributed by atoms with Crippen molar-refractivity contribution >= 4 is 12.1 Å². The summed E-state index contributed by atoms with van der Waals surface area (Å²) in [7, 11) is 0. The van der Waals surface area contributed by atoms with Crippen molar-refractivity contribution in [1.82, 2.24) is 4.90 Å². The zero-order valence-corrected chi connectivity index (χ0v) is 9.77. The number of amides is 1. The number of hydrogen-bond acceptors (Lipinski definition) is 4. The van der Waals surface area contributed by atoms with Gasteiger partial charge in [-0.1, -0.05) is 0 Å². The molecule has 0 aromatic rings. The number of ether oxygens (including phenoxy) is 1. The van der Waals surface area contributed by atoms with E-state index in [9.17, 15) is 9.59 Å². The van der Waals surface area contributed by atoms with Gasteiger partial charge in [0.05, 0.1) is 0 Å². The van der Waals surface area contributed by atoms with Crippen molar-refractivity contribution in [1.29, 1.82) is 0 Å². The summed E-state index contributed by atoms with van der Waals surface area (Å²) in [6.45, 7) is 5.52. The predicted octanol–water partition coefficient (Wildman–Crippen LogP) is 0.408. The summed E-state index contributed by atoms with van der Waals surface area (Å²) in [5.41, 5.74) is 5.01. The lowest BCUT2D eigenvalue weighted by atomic mass is 10.1. The molecule has 0 saturated carbocycles. The average Bonchev–Trinajstić information content (AvgIpc) is 2.43. The minimum Gasteiger partial charge on any atom is -0.480 e. The number of nitrogens with two attached hydrogens (primary N) is 1. The predicted molar refractivity (Wildman–Crippen MR) is 57.0 cm³/mol. The molecule has 1 aliphatic rings. The second kappa shape index (κ2) is 4.29. The van der Waals surface area contributed by atoms with Crippen molar-refractivity contribution in [3.63, 3.8) is 0 Å². The van der Waals surface area contributed by atoms with Gasteiger partial charge in [-0.15, -0.1) is 0 Å². The molecule has 0 spiro atoms. The second-order valence-corrected chi connectivity index (χ2v) is 4.91. The van der Waals surface area contributed by atoms with E-state index in [1.165, 1.54) is 4.90 Å². The van der Waals surface area contributed by atoms with E-state index in [2.05, 4.69) is 0 Å². The molecule has 6 heteroatoms. The Morgan fingerprint density at radius 1 is 1.44 bits per heavy atom. The third-order valence-electron chi connectivity index (χ3n) is 2.33. The number of nitrogens with zero attached hydrogens (tertiary/aromatic N) is 1. The summed E-state index contributed by atoms with van der Waals surface area (Å²) in [6, 6.07) is -1.50. The Morgan fingerprint density at radius 2 is 2.00 bits per heavy atom. The van der Waals surface area contributed by atoms with Gasteiger partial charge < -0.3 is 15.6 Å². The Morgan fingerprint density at radius 3 is 2.44 bits per heavy atom. The highest BCUT2D eigenvalue weighted by Crippen LogP contribution is 2.20. The number of carboxylic acid groups (broad SMARTS) is 1. The van der Waals surface area contributed by atoms with Crippen LogP contribution in [0.5, 0.6) is 0 Å². The van der Waals surface area contributed by atoms with Crippen LogP contribution < -0.4 is 5.73 Å². The van der Waals surface area contributed by atoms with Gasteiger partial charge in [0.15, 0.2) is 0 Å². The smallest absolute Gasteiger partial charge is 0.411 e. The first-order valence-electron chi connectivity index (χ1n) is 5.20. The van der Waals surface area contributed by atoms with Crippen LogP contribution in [0.1, 0.15) is 27.2 Å². The highest BCUT2D eigenvalue weighted by molar-refractivity contribution is 5.81. The van der Waals surface area contributed by atoms with Gasteiger partial charge in [0, 0.05) is 12.6 Å². The van der Waals surface area contributed by atoms with Gasteiger partial charge in [-0.25, -0.2) is 9.59 Å². The molecule has 3 N–H and O–H groups in total. The molecule has 0 aliphatic carbocycles. The van der Waals surface area contributed by atoms with E-state index in [-0.39, 0.29) is 0 Å². The van der Waals surface area contributed by atoms with Crippen molar-refractivity contribution in [2.75, 3.05) is 6.54 Å². The highest BCUT2D eigenvalue weighted by Gasteiger charge is 2.41. The number of rotatable bonds is 1. The standard InChI is InChI=1S/C10H18N2O4/c1-10(2,3)16-9(15)12-5-4-6(11)7(12)8(13)14/h6-7H,4-5,11H2,1-3H3,(H,13,14)/t6-,7?/m1/s1. The van der Waals surface area contributed by atoms with Crippen LogP contribution in [-0.4, -0.2) is 46.3 Å². The highest BCUT2D eigenvalue weighted by atomic mass is 16.6. The van der Waals surface area contributed by atoms with Crippen LogP contribution in [0.2, 0.25) is 0 Å². The fourth-order valence-electron chi connectivity index (χ4n) is 1.66. The lowest BCUT2D eigenvalue weighted by Gasteiger charge is -2.27. The van der Waals surface area contributed by atoms with Crippen molar-refractivity contribution < 1.29 is 19.4 Å². The van der Waals surface area contributed by atoms with Gasteiger partial charge in [0.1, 0.15) is 11.6 Å². The maximum atomic E-state index is 11.7. The quantitative estimate of drug-likeness (QED) is 0.680. The van der Waals surface area contributed by atoms with E-state index in [4.69, 9.17) is 15.6 Å². The normalized spacial score (nSPS) is 25.6. The third kappa shape index (κ3) is 2.85. The van der Waals surface area contributed by atoms with E-state index < -0.39 is 29.7 Å². The average molecular weight is 230 g/mol. The molecule has 92 valence electrons. The number of carboxylic acids is 1. The topological polar surface area (TPSA) is 92.9 Å². The van der Waals surface area contributed by atoms with Crippen molar-refractivity contribution in [2.24, 2.45) is 5.73 Å². The third-order valence-corrected chi connectivity index (χ3v) is 2.33. The van der Waals surface area contributed by atoms with Gasteiger partial charge >= 0.3 is 12.1 Å². The number of hydrogen-bond donors (Lipinski definition) is 2. The lowest BCUT2D eigenvalue weighted by Crippen LogP contribution is -2.49. The molecule has 1 unspecified atom stereocenters. The minimum atomic E-state index is -1.09. The summed E-state index contributed by atoms with van der Waals surface area (Å²) >= 11 is 0. The Hall–Kier alpha value is -1.30. The number of likely N-dealkylation sites (tertiary alicyclic amines) is 1. The largest absolute Gasteiger partial charge is 0.480 e. The molecule has 1 fully saturated rings. The monoisotopic (exact) mass is 230 g/mol. The molecule has 2 atom stereocenters. The first-order valence-corrected chi connectivity index (χ1v) is 5.20. The zero-order valence-electron chi connectivity index (χ0n) is 9.77. The van der Waals surface area contributed by atoms with Crippen LogP contribution in [0.25, 0.3) is 0 Å². The second-order valence-electron chi connectivity index (χ2n) is 4.91. The van der Waals surface area contributed by atoms with Crippen LogP contribution in [0.4, 0.5) is 4.79 Å². The summed E-state index contributed by atoms with van der Waals surface area (Å²) in [5.74, 6) is -1.09. The molecule has 1 rings (SSSR count). The Labute approximate surface area is 94.3 Å². The van der Waals surface area contributed by atoms with E-state index in [0.717, 1.165) is 0 Å². The van der Waals surface area contributed by atoms with Crippen LogP contribution in [0, 0.1) is 0 Å². The van der Waals surface area contributed by atoms with Gasteiger partial charge in [-0.2, -0.15) is 0 Å². The van der Waals surface area contributed by atoms with E-state index in [0.29, 0.717) is 13.0 Å². The molecule has 0 aromatic carbocycles. The van der Waals surface area contributed by atoms with E-state index in [1.54, 1.807) is 20.8 Å². The maximum absolute atomic E-state index is 11.7. The molecule has 1 heterocycles. The van der Waals surface area contributed by atoms with Crippen molar-refractivity contribution in [3.05, 3.63) is 0 Å². The molecule has 1 saturated heterocycles. The van der Waals surface area contributed by atoms with Crippen molar-refractivity contribution in [3.8, 4) is 0 Å². The Balaban J connectivity index is 2.73. The fraction of sp³-hybridized carbons (Fsp3) is 0.800. The van der Waals surface area contributed by atoms with E-state index >= 15 is 0 Å². The van der Waals surface area contributed by atoms with Crippen LogP contribution in [-0.2, 0) is 9.53 Å². The summed E-state index contributed by atoms with van der Waals surface area (Å²) < 4.78 is 5.12. The summed E-state index contributed by atoms with van der Waals surface area (Å²) in [4.78, 5) is 23.8. The molecule has 16 heavy (non-hydrogen) atoms. The van der Waals surface area contributed by atoms with Gasteiger partial charge in [0.2, 0.25) is 0 Å². The molecular formula is C10H18N2O4. The summed E-state index contributed by atoms with van der Waals surface area (Å²) in [5, 5.41) is 8.97. The van der Waals surface area contributed by atoms with Gasteiger partial charge in [-0.05, 0) is 27.2 Å². The molecule has 0 aromatic heterocycles. The molecule has 0 radical (unpaired) electrons. The molecule has 1 aliphatic heterocycles. The maximum Gasteiger partial charge on any atom is 0.411 e. The minimum absolute atomic E-state index is 0.326. The SMILES string of the molecule is CC(C)(C)OC(=O)N1CC[C@@H](N)C1C(=O)O.